The number of aryl methyl sites for hydroxylation is 1. The highest BCUT2D eigenvalue weighted by molar-refractivity contribution is 5.76. The van der Waals surface area contributed by atoms with E-state index in [1.54, 1.807) is 17.0 Å². The lowest BCUT2D eigenvalue weighted by Gasteiger charge is -2.44. The van der Waals surface area contributed by atoms with Gasteiger partial charge in [0.25, 0.3) is 0 Å². The van der Waals surface area contributed by atoms with Crippen LogP contribution in [0.4, 0.5) is 9.18 Å². The topological polar surface area (TPSA) is 136 Å². The van der Waals surface area contributed by atoms with E-state index in [2.05, 4.69) is 5.32 Å². The van der Waals surface area contributed by atoms with Gasteiger partial charge in [-0.3, -0.25) is 4.79 Å². The highest BCUT2D eigenvalue weighted by atomic mass is 19.1. The fourth-order valence-electron chi connectivity index (χ4n) is 5.39. The first kappa shape index (κ1) is 29.5. The Kier molecular flexibility index (Phi) is 10.6. The van der Waals surface area contributed by atoms with E-state index in [9.17, 15) is 19.8 Å². The zero-order valence-corrected chi connectivity index (χ0v) is 22.0. The standard InChI is InChI=1S/C29H40FN3O5/c1-2-20-7-3-8-21(17-20)27-24(10-4-11-25(27)30)29(38,14-6-15-32-28(36)37)22-9-5-16-33(18-22)26(35)13-12-23(31)19-34/h3-4,7-8,10-11,17,22-23,32,34,38H,2,5-6,9,12-16,18-19,31H2,1H3,(H,36,37)/t22-,23+,29+/m1/s1. The third-order valence-corrected chi connectivity index (χ3v) is 7.53. The van der Waals surface area contributed by atoms with Crippen molar-refractivity contribution < 1.29 is 29.3 Å². The molecule has 9 heteroatoms. The Hall–Kier alpha value is -3.01. The van der Waals surface area contributed by atoms with E-state index in [0.29, 0.717) is 55.5 Å². The van der Waals surface area contributed by atoms with E-state index >= 15 is 4.39 Å². The molecule has 1 saturated heterocycles. The molecule has 6 N–H and O–H groups in total. The zero-order valence-electron chi connectivity index (χ0n) is 22.0. The minimum absolute atomic E-state index is 0.0939. The van der Waals surface area contributed by atoms with E-state index in [4.69, 9.17) is 10.8 Å². The number of aliphatic hydroxyl groups is 2. The summed E-state index contributed by atoms with van der Waals surface area (Å²) in [6, 6.07) is 11.8. The number of nitrogens with two attached hydrogens (primary N) is 1. The molecule has 2 amide bonds. The summed E-state index contributed by atoms with van der Waals surface area (Å²) in [6.45, 7) is 2.81. The van der Waals surface area contributed by atoms with Gasteiger partial charge in [-0.05, 0) is 61.3 Å². The maximum atomic E-state index is 15.5. The number of aliphatic hydroxyl groups excluding tert-OH is 1. The lowest BCUT2D eigenvalue weighted by Crippen LogP contribution is -2.48. The van der Waals surface area contributed by atoms with Crippen molar-refractivity contribution in [3.8, 4) is 11.1 Å². The molecule has 1 heterocycles. The molecule has 2 aromatic rings. The van der Waals surface area contributed by atoms with Gasteiger partial charge >= 0.3 is 6.09 Å². The van der Waals surface area contributed by atoms with Crippen LogP contribution in [0.15, 0.2) is 42.5 Å². The molecule has 3 atom stereocenters. The van der Waals surface area contributed by atoms with Gasteiger partial charge in [0.1, 0.15) is 5.82 Å². The van der Waals surface area contributed by atoms with Crippen LogP contribution < -0.4 is 11.1 Å². The normalized spacial score (nSPS) is 18.0. The van der Waals surface area contributed by atoms with Crippen molar-refractivity contribution in [1.29, 1.82) is 0 Å². The number of benzene rings is 2. The fourth-order valence-corrected chi connectivity index (χ4v) is 5.39. The Morgan fingerprint density at radius 1 is 1.26 bits per heavy atom. The number of nitrogens with one attached hydrogen (secondary N) is 1. The van der Waals surface area contributed by atoms with Crippen LogP contribution in [-0.4, -0.2) is 64.5 Å². The van der Waals surface area contributed by atoms with Gasteiger partial charge in [-0.25, -0.2) is 9.18 Å². The minimum atomic E-state index is -1.50. The number of nitrogens with zero attached hydrogens (tertiary/aromatic N) is 1. The molecule has 8 nitrogen and oxygen atoms in total. The van der Waals surface area contributed by atoms with Crippen LogP contribution >= 0.6 is 0 Å². The molecule has 208 valence electrons. The Morgan fingerprint density at radius 3 is 2.74 bits per heavy atom. The lowest BCUT2D eigenvalue weighted by molar-refractivity contribution is -0.137. The molecule has 1 aliphatic heterocycles. The van der Waals surface area contributed by atoms with Crippen molar-refractivity contribution in [1.82, 2.24) is 10.2 Å². The number of piperidine rings is 1. The molecule has 0 aromatic heterocycles. The molecule has 2 aromatic carbocycles. The van der Waals surface area contributed by atoms with Gasteiger partial charge in [0.05, 0.1) is 12.2 Å². The van der Waals surface area contributed by atoms with Gasteiger partial charge < -0.3 is 31.3 Å². The summed E-state index contributed by atoms with van der Waals surface area (Å²) < 4.78 is 15.5. The van der Waals surface area contributed by atoms with Crippen LogP contribution in [0.5, 0.6) is 0 Å². The van der Waals surface area contributed by atoms with Crippen LogP contribution in [0, 0.1) is 11.7 Å². The predicted molar refractivity (Wildman–Crippen MR) is 144 cm³/mol. The Morgan fingerprint density at radius 2 is 2.03 bits per heavy atom. The van der Waals surface area contributed by atoms with Crippen molar-refractivity contribution >= 4 is 12.0 Å². The largest absolute Gasteiger partial charge is 0.465 e. The SMILES string of the molecule is CCc1cccc(-c2c(F)cccc2[C@](O)(CCCNC(=O)O)[C@@H]2CCCN(C(=O)CC[C@H](N)CO)C2)c1. The molecular weight excluding hydrogens is 489 g/mol. The number of amides is 2. The number of carbonyl (C=O) groups is 2. The van der Waals surface area contributed by atoms with E-state index in [-0.39, 0.29) is 37.8 Å². The van der Waals surface area contributed by atoms with Crippen molar-refractivity contribution in [3.05, 3.63) is 59.4 Å². The molecule has 1 aliphatic rings. The third-order valence-electron chi connectivity index (χ3n) is 7.53. The maximum absolute atomic E-state index is 15.5. The number of rotatable bonds is 12. The highest BCUT2D eigenvalue weighted by Crippen LogP contribution is 2.44. The number of hydrogen-bond acceptors (Lipinski definition) is 5. The maximum Gasteiger partial charge on any atom is 0.404 e. The first-order chi connectivity index (χ1) is 18.2. The summed E-state index contributed by atoms with van der Waals surface area (Å²) in [5, 5.41) is 32.9. The monoisotopic (exact) mass is 529 g/mol. The summed E-state index contributed by atoms with van der Waals surface area (Å²) >= 11 is 0. The van der Waals surface area contributed by atoms with E-state index in [0.717, 1.165) is 12.0 Å². The van der Waals surface area contributed by atoms with Gasteiger partial charge in [-0.15, -0.1) is 0 Å². The van der Waals surface area contributed by atoms with E-state index in [1.807, 2.05) is 31.2 Å². The van der Waals surface area contributed by atoms with Gasteiger partial charge in [-0.2, -0.15) is 0 Å². The van der Waals surface area contributed by atoms with Crippen LogP contribution in [0.25, 0.3) is 11.1 Å². The second kappa shape index (κ2) is 13.7. The number of carbonyl (C=O) groups excluding carboxylic acids is 1. The van der Waals surface area contributed by atoms with Crippen molar-refractivity contribution in [2.75, 3.05) is 26.2 Å². The molecular formula is C29H40FN3O5. The summed E-state index contributed by atoms with van der Waals surface area (Å²) in [4.78, 5) is 25.7. The molecule has 0 spiro atoms. The molecule has 0 unspecified atom stereocenters. The van der Waals surface area contributed by atoms with Crippen molar-refractivity contribution in [2.45, 2.75) is 63.5 Å². The molecule has 0 saturated carbocycles. The smallest absolute Gasteiger partial charge is 0.404 e. The molecule has 3 rings (SSSR count). The average Bonchev–Trinajstić information content (AvgIpc) is 2.93. The number of carboxylic acid groups (broad SMARTS) is 1. The summed E-state index contributed by atoms with van der Waals surface area (Å²) in [5.74, 6) is -0.922. The molecule has 38 heavy (non-hydrogen) atoms. The van der Waals surface area contributed by atoms with Crippen LogP contribution in [-0.2, 0) is 16.8 Å². The Bertz CT molecular complexity index is 1100. The second-order valence-corrected chi connectivity index (χ2v) is 10.1. The van der Waals surface area contributed by atoms with Crippen LogP contribution in [0.2, 0.25) is 0 Å². The Labute approximate surface area is 223 Å². The third kappa shape index (κ3) is 7.30. The van der Waals surface area contributed by atoms with Crippen molar-refractivity contribution in [3.63, 3.8) is 0 Å². The van der Waals surface area contributed by atoms with Crippen molar-refractivity contribution in [2.24, 2.45) is 11.7 Å². The molecule has 0 bridgehead atoms. The summed E-state index contributed by atoms with van der Waals surface area (Å²) in [5.41, 5.74) is 6.76. The lowest BCUT2D eigenvalue weighted by atomic mass is 9.72. The minimum Gasteiger partial charge on any atom is -0.465 e. The molecule has 0 radical (unpaired) electrons. The number of halogens is 1. The van der Waals surface area contributed by atoms with Crippen LogP contribution in [0.1, 0.15) is 56.6 Å². The quantitative estimate of drug-likeness (QED) is 0.267. The van der Waals surface area contributed by atoms with Gasteiger partial charge in [0.2, 0.25) is 5.91 Å². The first-order valence-electron chi connectivity index (χ1n) is 13.4. The zero-order chi connectivity index (χ0) is 27.7. The van der Waals surface area contributed by atoms with Gasteiger partial charge in [0.15, 0.2) is 0 Å². The van der Waals surface area contributed by atoms with Gasteiger partial charge in [0, 0.05) is 43.6 Å². The van der Waals surface area contributed by atoms with E-state index < -0.39 is 23.6 Å². The summed E-state index contributed by atoms with van der Waals surface area (Å²) in [6.07, 6.45) is 2.04. The summed E-state index contributed by atoms with van der Waals surface area (Å²) in [7, 11) is 0. The number of hydrogen-bond donors (Lipinski definition) is 5. The average molecular weight is 530 g/mol. The second-order valence-electron chi connectivity index (χ2n) is 10.1. The number of likely N-dealkylation sites (tertiary alicyclic amines) is 1. The van der Waals surface area contributed by atoms with Gasteiger partial charge in [-0.1, -0.05) is 43.3 Å². The van der Waals surface area contributed by atoms with E-state index in [1.165, 1.54) is 6.07 Å². The Balaban J connectivity index is 1.98. The first-order valence-corrected chi connectivity index (χ1v) is 13.4. The fraction of sp³-hybridized carbons (Fsp3) is 0.517. The van der Waals surface area contributed by atoms with Crippen LogP contribution in [0.3, 0.4) is 0 Å². The highest BCUT2D eigenvalue weighted by Gasteiger charge is 2.43. The molecule has 1 fully saturated rings. The molecule has 0 aliphatic carbocycles. The predicted octanol–water partition coefficient (Wildman–Crippen LogP) is 3.63.